The fourth-order valence-electron chi connectivity index (χ4n) is 3.00. The number of halogens is 1. The van der Waals surface area contributed by atoms with E-state index in [0.717, 1.165) is 13.2 Å². The van der Waals surface area contributed by atoms with Crippen LogP contribution < -0.4 is 4.74 Å². The third-order valence-corrected chi connectivity index (χ3v) is 4.33. The van der Waals surface area contributed by atoms with E-state index in [-0.39, 0.29) is 33.8 Å². The van der Waals surface area contributed by atoms with E-state index >= 15 is 0 Å². The summed E-state index contributed by atoms with van der Waals surface area (Å²) >= 11 is 0. The number of para-hydroxylation sites is 1. The number of aromatic nitrogens is 2. The lowest BCUT2D eigenvalue weighted by Crippen LogP contribution is -2.15. The highest BCUT2D eigenvalue weighted by Crippen LogP contribution is 2.33. The summed E-state index contributed by atoms with van der Waals surface area (Å²) in [5, 5.41) is 4.40. The van der Waals surface area contributed by atoms with Gasteiger partial charge in [0, 0.05) is 5.56 Å². The first-order chi connectivity index (χ1) is 14.5. The summed E-state index contributed by atoms with van der Waals surface area (Å²) in [7, 11) is 3.63. The predicted octanol–water partition coefficient (Wildman–Crippen LogP) is 3.24. The molecule has 8 heteroatoms. The number of hydrogen-bond donors (Lipinski definition) is 0. The summed E-state index contributed by atoms with van der Waals surface area (Å²) in [6.45, 7) is 0. The minimum Gasteiger partial charge on any atom is -0.492 e. The lowest BCUT2D eigenvalue weighted by molar-refractivity contribution is 0.0549. The van der Waals surface area contributed by atoms with Crippen LogP contribution in [0.15, 0.2) is 42.5 Å². The smallest absolute Gasteiger partial charge is 0.357 e. The first-order valence-electron chi connectivity index (χ1n) is 8.66. The molecule has 152 valence electrons. The van der Waals surface area contributed by atoms with E-state index in [0.29, 0.717) is 5.69 Å². The average molecular weight is 408 g/mol. The summed E-state index contributed by atoms with van der Waals surface area (Å²) in [5.41, 5.74) is 0.438. The topological polar surface area (TPSA) is 79.7 Å². The Kier molecular flexibility index (Phi) is 5.83. The molecule has 0 fully saturated rings. The summed E-state index contributed by atoms with van der Waals surface area (Å²) < 4.78 is 30.5. The molecular formula is C22H17FN2O5. The molecule has 0 bridgehead atoms. The number of nitrogens with zero attached hydrogens (tertiary/aromatic N) is 2. The van der Waals surface area contributed by atoms with Gasteiger partial charge in [-0.3, -0.25) is 0 Å². The van der Waals surface area contributed by atoms with Crippen molar-refractivity contribution in [2.24, 2.45) is 0 Å². The standard InChI is InChI=1S/C22H17FN2O5/c1-5-13-11-14(12-16(23)20(13)28-2)18-17(21(26)29-3)19(22(27)30-4)25(24-18)15-9-7-6-8-10-15/h1,6-12H,2-4H3. The van der Waals surface area contributed by atoms with Crippen LogP contribution in [-0.4, -0.2) is 43.0 Å². The van der Waals surface area contributed by atoms with Crippen LogP contribution in [0.4, 0.5) is 4.39 Å². The van der Waals surface area contributed by atoms with Crippen molar-refractivity contribution in [3.8, 4) is 35.0 Å². The molecule has 0 atom stereocenters. The number of carbonyl (C=O) groups excluding carboxylic acids is 2. The number of rotatable bonds is 5. The third-order valence-electron chi connectivity index (χ3n) is 4.33. The normalized spacial score (nSPS) is 10.2. The van der Waals surface area contributed by atoms with Crippen LogP contribution in [-0.2, 0) is 9.47 Å². The van der Waals surface area contributed by atoms with Crippen molar-refractivity contribution in [1.29, 1.82) is 0 Å². The van der Waals surface area contributed by atoms with E-state index in [4.69, 9.17) is 20.6 Å². The van der Waals surface area contributed by atoms with Crippen molar-refractivity contribution in [2.45, 2.75) is 0 Å². The minimum atomic E-state index is -0.842. The van der Waals surface area contributed by atoms with Crippen molar-refractivity contribution >= 4 is 11.9 Å². The Labute approximate surface area is 172 Å². The molecule has 3 aromatic rings. The van der Waals surface area contributed by atoms with E-state index in [1.165, 1.54) is 25.0 Å². The van der Waals surface area contributed by atoms with Gasteiger partial charge in [0.05, 0.1) is 32.6 Å². The number of terminal acetylenes is 1. The van der Waals surface area contributed by atoms with E-state index < -0.39 is 17.8 Å². The third kappa shape index (κ3) is 3.49. The number of esters is 2. The molecule has 2 aromatic carbocycles. The molecule has 0 spiro atoms. The van der Waals surface area contributed by atoms with Gasteiger partial charge in [0.15, 0.2) is 17.3 Å². The molecule has 7 nitrogen and oxygen atoms in total. The fraction of sp³-hybridized carbons (Fsp3) is 0.136. The quantitative estimate of drug-likeness (QED) is 0.476. The van der Waals surface area contributed by atoms with Gasteiger partial charge in [-0.1, -0.05) is 24.1 Å². The molecular weight excluding hydrogens is 391 g/mol. The highest BCUT2D eigenvalue weighted by atomic mass is 19.1. The second-order valence-electron chi connectivity index (χ2n) is 5.99. The zero-order valence-corrected chi connectivity index (χ0v) is 16.4. The van der Waals surface area contributed by atoms with Crippen LogP contribution in [0.25, 0.3) is 16.9 Å². The molecule has 0 aliphatic rings. The monoisotopic (exact) mass is 408 g/mol. The van der Waals surface area contributed by atoms with Crippen molar-refractivity contribution < 1.29 is 28.2 Å². The lowest BCUT2D eigenvalue weighted by atomic mass is 10.0. The zero-order chi connectivity index (χ0) is 21.8. The molecule has 0 saturated carbocycles. The predicted molar refractivity (Wildman–Crippen MR) is 106 cm³/mol. The Morgan fingerprint density at radius 1 is 1.07 bits per heavy atom. The van der Waals surface area contributed by atoms with Gasteiger partial charge in [-0.15, -0.1) is 6.42 Å². The summed E-state index contributed by atoms with van der Waals surface area (Å²) in [6, 6.07) is 11.2. The van der Waals surface area contributed by atoms with Gasteiger partial charge in [-0.25, -0.2) is 18.7 Å². The van der Waals surface area contributed by atoms with Crippen molar-refractivity contribution in [3.63, 3.8) is 0 Å². The number of ether oxygens (including phenoxy) is 3. The van der Waals surface area contributed by atoms with Crippen molar-refractivity contribution in [1.82, 2.24) is 9.78 Å². The maximum atomic E-state index is 14.6. The zero-order valence-electron chi connectivity index (χ0n) is 16.4. The summed E-state index contributed by atoms with van der Waals surface area (Å²) in [6.07, 6.45) is 5.47. The maximum absolute atomic E-state index is 14.6. The minimum absolute atomic E-state index is 0.00385. The molecule has 0 aliphatic heterocycles. The van der Waals surface area contributed by atoms with Crippen LogP contribution >= 0.6 is 0 Å². The molecule has 30 heavy (non-hydrogen) atoms. The van der Waals surface area contributed by atoms with Crippen molar-refractivity contribution in [2.75, 3.05) is 21.3 Å². The SMILES string of the molecule is C#Cc1cc(-c2nn(-c3ccccc3)c(C(=O)OC)c2C(=O)OC)cc(F)c1OC. The van der Waals surface area contributed by atoms with E-state index in [1.807, 2.05) is 0 Å². The van der Waals surface area contributed by atoms with Gasteiger partial charge < -0.3 is 14.2 Å². The Balaban J connectivity index is 2.40. The molecule has 0 saturated heterocycles. The van der Waals surface area contributed by atoms with Crippen LogP contribution in [0.1, 0.15) is 26.4 Å². The average Bonchev–Trinajstić information content (AvgIpc) is 3.18. The summed E-state index contributed by atoms with van der Waals surface area (Å²) in [4.78, 5) is 25.2. The van der Waals surface area contributed by atoms with Gasteiger partial charge in [-0.2, -0.15) is 5.10 Å². The Hall–Kier alpha value is -4.12. The fourth-order valence-corrected chi connectivity index (χ4v) is 3.00. The van der Waals surface area contributed by atoms with E-state index in [9.17, 15) is 14.0 Å². The first-order valence-corrected chi connectivity index (χ1v) is 8.66. The highest BCUT2D eigenvalue weighted by Gasteiger charge is 2.32. The highest BCUT2D eigenvalue weighted by molar-refractivity contribution is 6.06. The van der Waals surface area contributed by atoms with Crippen molar-refractivity contribution in [3.05, 3.63) is 65.1 Å². The number of benzene rings is 2. The van der Waals surface area contributed by atoms with Crippen LogP contribution in [0.3, 0.4) is 0 Å². The Morgan fingerprint density at radius 2 is 1.73 bits per heavy atom. The van der Waals surface area contributed by atoms with Gasteiger partial charge in [0.2, 0.25) is 0 Å². The Morgan fingerprint density at radius 3 is 2.30 bits per heavy atom. The van der Waals surface area contributed by atoms with Gasteiger partial charge in [0.25, 0.3) is 0 Å². The van der Waals surface area contributed by atoms with Crippen LogP contribution in [0, 0.1) is 18.2 Å². The molecule has 0 aliphatic carbocycles. The number of methoxy groups -OCH3 is 3. The van der Waals surface area contributed by atoms with Crippen LogP contribution in [0.2, 0.25) is 0 Å². The maximum Gasteiger partial charge on any atom is 0.357 e. The van der Waals surface area contributed by atoms with E-state index in [2.05, 4.69) is 11.0 Å². The molecule has 0 unspecified atom stereocenters. The van der Waals surface area contributed by atoms with Gasteiger partial charge in [-0.05, 0) is 24.3 Å². The second-order valence-corrected chi connectivity index (χ2v) is 5.99. The number of hydrogen-bond acceptors (Lipinski definition) is 6. The molecule has 0 N–H and O–H groups in total. The first kappa shape index (κ1) is 20.6. The molecule has 0 amide bonds. The Bertz CT molecular complexity index is 1160. The second kappa shape index (κ2) is 8.49. The molecule has 1 heterocycles. The molecule has 0 radical (unpaired) electrons. The summed E-state index contributed by atoms with van der Waals surface area (Å²) in [5.74, 6) is -0.175. The van der Waals surface area contributed by atoms with Crippen LogP contribution in [0.5, 0.6) is 5.75 Å². The largest absolute Gasteiger partial charge is 0.492 e. The molecule has 1 aromatic heterocycles. The van der Waals surface area contributed by atoms with Gasteiger partial charge in [0.1, 0.15) is 11.3 Å². The lowest BCUT2D eigenvalue weighted by Gasteiger charge is -2.08. The van der Waals surface area contributed by atoms with Gasteiger partial charge >= 0.3 is 11.9 Å². The molecule has 3 rings (SSSR count). The number of carbonyl (C=O) groups is 2. The van der Waals surface area contributed by atoms with E-state index in [1.54, 1.807) is 30.3 Å².